The van der Waals surface area contributed by atoms with Crippen LogP contribution in [0.3, 0.4) is 0 Å². The Morgan fingerprint density at radius 2 is 2.18 bits per heavy atom. The van der Waals surface area contributed by atoms with Gasteiger partial charge in [-0.05, 0) is 38.0 Å². The van der Waals surface area contributed by atoms with Gasteiger partial charge in [0.15, 0.2) is 0 Å². The molecule has 94 valence electrons. The molecule has 0 amide bonds. The standard InChI is InChI=1S/C14H20BrNO/c1-4-14(2,3)16-9-11-8-12(15)7-10-5-6-17-13(10)11/h7-8,16H,4-6,9H2,1-3H3. The highest BCUT2D eigenvalue weighted by Gasteiger charge is 2.19. The maximum absolute atomic E-state index is 5.72. The van der Waals surface area contributed by atoms with E-state index in [1.807, 2.05) is 0 Å². The highest BCUT2D eigenvalue weighted by Crippen LogP contribution is 2.33. The van der Waals surface area contributed by atoms with E-state index >= 15 is 0 Å². The van der Waals surface area contributed by atoms with Crippen LogP contribution in [-0.2, 0) is 13.0 Å². The lowest BCUT2D eigenvalue weighted by Crippen LogP contribution is -2.37. The number of nitrogens with one attached hydrogen (secondary N) is 1. The van der Waals surface area contributed by atoms with E-state index in [2.05, 4.69) is 54.2 Å². The lowest BCUT2D eigenvalue weighted by molar-refractivity contribution is 0.342. The lowest BCUT2D eigenvalue weighted by atomic mass is 10.0. The number of hydrogen-bond donors (Lipinski definition) is 1. The molecule has 1 aromatic rings. The molecule has 0 radical (unpaired) electrons. The number of benzene rings is 1. The van der Waals surface area contributed by atoms with Crippen LogP contribution in [0.1, 0.15) is 38.3 Å². The van der Waals surface area contributed by atoms with Crippen LogP contribution < -0.4 is 10.1 Å². The molecule has 0 unspecified atom stereocenters. The maximum Gasteiger partial charge on any atom is 0.127 e. The van der Waals surface area contributed by atoms with E-state index < -0.39 is 0 Å². The molecular weight excluding hydrogens is 278 g/mol. The summed E-state index contributed by atoms with van der Waals surface area (Å²) in [6, 6.07) is 4.32. The summed E-state index contributed by atoms with van der Waals surface area (Å²) < 4.78 is 6.87. The zero-order valence-electron chi connectivity index (χ0n) is 10.8. The molecule has 1 aliphatic heterocycles. The van der Waals surface area contributed by atoms with Gasteiger partial charge >= 0.3 is 0 Å². The number of fused-ring (bicyclic) bond motifs is 1. The summed E-state index contributed by atoms with van der Waals surface area (Å²) in [5, 5.41) is 3.58. The second-order valence-corrected chi connectivity index (χ2v) is 6.16. The van der Waals surface area contributed by atoms with Gasteiger partial charge in [0.1, 0.15) is 5.75 Å². The maximum atomic E-state index is 5.72. The van der Waals surface area contributed by atoms with Gasteiger partial charge in [0.05, 0.1) is 6.61 Å². The van der Waals surface area contributed by atoms with E-state index in [1.54, 1.807) is 0 Å². The molecule has 1 aliphatic rings. The van der Waals surface area contributed by atoms with Gasteiger partial charge in [-0.1, -0.05) is 22.9 Å². The molecular formula is C14H20BrNO. The lowest BCUT2D eigenvalue weighted by Gasteiger charge is -2.25. The fraction of sp³-hybridized carbons (Fsp3) is 0.571. The number of hydrogen-bond acceptors (Lipinski definition) is 2. The van der Waals surface area contributed by atoms with Crippen molar-refractivity contribution in [1.82, 2.24) is 5.32 Å². The van der Waals surface area contributed by atoms with Crippen molar-refractivity contribution in [3.63, 3.8) is 0 Å². The van der Waals surface area contributed by atoms with E-state index in [0.29, 0.717) is 0 Å². The van der Waals surface area contributed by atoms with Crippen LogP contribution in [0.5, 0.6) is 5.75 Å². The minimum absolute atomic E-state index is 0.174. The predicted molar refractivity (Wildman–Crippen MR) is 74.6 cm³/mol. The van der Waals surface area contributed by atoms with Gasteiger partial charge in [-0.2, -0.15) is 0 Å². The summed E-state index contributed by atoms with van der Waals surface area (Å²) in [4.78, 5) is 0. The SMILES string of the molecule is CCC(C)(C)NCc1cc(Br)cc2c1OCC2. The van der Waals surface area contributed by atoms with Crippen molar-refractivity contribution in [3.8, 4) is 5.75 Å². The van der Waals surface area contributed by atoms with Crippen LogP contribution >= 0.6 is 15.9 Å². The first kappa shape index (κ1) is 12.9. The van der Waals surface area contributed by atoms with Crippen molar-refractivity contribution < 1.29 is 4.74 Å². The van der Waals surface area contributed by atoms with Gasteiger partial charge in [0.2, 0.25) is 0 Å². The largest absolute Gasteiger partial charge is 0.493 e. The monoisotopic (exact) mass is 297 g/mol. The third-order valence-electron chi connectivity index (χ3n) is 3.47. The van der Waals surface area contributed by atoms with E-state index in [1.165, 1.54) is 11.1 Å². The Labute approximate surface area is 112 Å². The van der Waals surface area contributed by atoms with Gasteiger partial charge in [0.25, 0.3) is 0 Å². The van der Waals surface area contributed by atoms with Gasteiger partial charge in [-0.3, -0.25) is 0 Å². The van der Waals surface area contributed by atoms with Crippen LogP contribution in [-0.4, -0.2) is 12.1 Å². The fourth-order valence-electron chi connectivity index (χ4n) is 1.94. The van der Waals surface area contributed by atoms with Crippen molar-refractivity contribution in [2.45, 2.75) is 45.7 Å². The first-order chi connectivity index (χ1) is 8.02. The molecule has 0 saturated heterocycles. The number of rotatable bonds is 4. The second-order valence-electron chi connectivity index (χ2n) is 5.24. The Morgan fingerprint density at radius 3 is 2.88 bits per heavy atom. The van der Waals surface area contributed by atoms with Crippen molar-refractivity contribution in [2.24, 2.45) is 0 Å². The molecule has 0 bridgehead atoms. The molecule has 0 aromatic heterocycles. The van der Waals surface area contributed by atoms with Crippen molar-refractivity contribution >= 4 is 15.9 Å². The van der Waals surface area contributed by atoms with E-state index in [-0.39, 0.29) is 5.54 Å². The summed E-state index contributed by atoms with van der Waals surface area (Å²) in [6.45, 7) is 8.34. The van der Waals surface area contributed by atoms with Gasteiger partial charge < -0.3 is 10.1 Å². The minimum atomic E-state index is 0.174. The molecule has 0 atom stereocenters. The third kappa shape index (κ3) is 3.02. The Balaban J connectivity index is 2.16. The van der Waals surface area contributed by atoms with Crippen molar-refractivity contribution in [1.29, 1.82) is 0 Å². The summed E-state index contributed by atoms with van der Waals surface area (Å²) >= 11 is 3.57. The Kier molecular flexibility index (Phi) is 3.79. The summed E-state index contributed by atoms with van der Waals surface area (Å²) in [6.07, 6.45) is 2.14. The van der Waals surface area contributed by atoms with Crippen molar-refractivity contribution in [3.05, 3.63) is 27.7 Å². The number of halogens is 1. The summed E-state index contributed by atoms with van der Waals surface area (Å²) in [7, 11) is 0. The quantitative estimate of drug-likeness (QED) is 0.916. The van der Waals surface area contributed by atoms with E-state index in [9.17, 15) is 0 Å². The normalized spacial score (nSPS) is 14.6. The van der Waals surface area contributed by atoms with Gasteiger partial charge in [-0.15, -0.1) is 0 Å². The Morgan fingerprint density at radius 1 is 1.41 bits per heavy atom. The highest BCUT2D eigenvalue weighted by atomic mass is 79.9. The molecule has 3 heteroatoms. The van der Waals surface area contributed by atoms with Gasteiger partial charge in [-0.25, -0.2) is 0 Å². The van der Waals surface area contributed by atoms with Crippen LogP contribution in [0.25, 0.3) is 0 Å². The molecule has 17 heavy (non-hydrogen) atoms. The molecule has 2 rings (SSSR count). The zero-order valence-corrected chi connectivity index (χ0v) is 12.4. The molecule has 2 nitrogen and oxygen atoms in total. The van der Waals surface area contributed by atoms with Crippen LogP contribution in [0.15, 0.2) is 16.6 Å². The smallest absolute Gasteiger partial charge is 0.127 e. The molecule has 0 aliphatic carbocycles. The first-order valence-corrected chi connectivity index (χ1v) is 7.00. The third-order valence-corrected chi connectivity index (χ3v) is 3.92. The van der Waals surface area contributed by atoms with Crippen molar-refractivity contribution in [2.75, 3.05) is 6.61 Å². The average molecular weight is 298 g/mol. The predicted octanol–water partition coefficient (Wildman–Crippen LogP) is 3.66. The second kappa shape index (κ2) is 4.99. The van der Waals surface area contributed by atoms with E-state index in [4.69, 9.17) is 4.74 Å². The highest BCUT2D eigenvalue weighted by molar-refractivity contribution is 9.10. The van der Waals surface area contributed by atoms with Crippen LogP contribution in [0, 0.1) is 0 Å². The average Bonchev–Trinajstić information content (AvgIpc) is 2.73. The molecule has 0 fully saturated rings. The molecule has 0 spiro atoms. The zero-order chi connectivity index (χ0) is 12.5. The minimum Gasteiger partial charge on any atom is -0.493 e. The Bertz CT molecular complexity index is 415. The van der Waals surface area contributed by atoms with Crippen LogP contribution in [0.2, 0.25) is 0 Å². The first-order valence-electron chi connectivity index (χ1n) is 6.21. The van der Waals surface area contributed by atoms with E-state index in [0.717, 1.165) is 36.2 Å². The Hall–Kier alpha value is -0.540. The topological polar surface area (TPSA) is 21.3 Å². The summed E-state index contributed by atoms with van der Waals surface area (Å²) in [5.74, 6) is 1.09. The molecule has 1 heterocycles. The van der Waals surface area contributed by atoms with Crippen LogP contribution in [0.4, 0.5) is 0 Å². The number of ether oxygens (including phenoxy) is 1. The van der Waals surface area contributed by atoms with Gasteiger partial charge in [0, 0.05) is 28.5 Å². The molecule has 1 aromatic carbocycles. The molecule has 1 N–H and O–H groups in total. The fourth-order valence-corrected chi connectivity index (χ4v) is 2.49. The summed E-state index contributed by atoms with van der Waals surface area (Å²) in [5.41, 5.74) is 2.76. The molecule has 0 saturated carbocycles.